The van der Waals surface area contributed by atoms with Crippen LogP contribution in [0.25, 0.3) is 0 Å². The van der Waals surface area contributed by atoms with E-state index in [1.807, 2.05) is 0 Å². The van der Waals surface area contributed by atoms with Gasteiger partial charge >= 0.3 is 0 Å². The van der Waals surface area contributed by atoms with Crippen LogP contribution in [-0.2, 0) is 0 Å². The molecule has 0 aromatic heterocycles. The van der Waals surface area contributed by atoms with Crippen molar-refractivity contribution < 1.29 is 0 Å². The smallest absolute Gasteiger partial charge is 0.0137 e. The van der Waals surface area contributed by atoms with Crippen molar-refractivity contribution in [3.8, 4) is 0 Å². The molecule has 1 nitrogen and oxygen atoms in total. The third kappa shape index (κ3) is 3.83. The van der Waals surface area contributed by atoms with E-state index in [-0.39, 0.29) is 0 Å². The van der Waals surface area contributed by atoms with E-state index in [1.54, 1.807) is 0 Å². The maximum Gasteiger partial charge on any atom is 0.0137 e. The van der Waals surface area contributed by atoms with Crippen LogP contribution in [0.3, 0.4) is 0 Å². The Hall–Kier alpha value is -0.560. The second-order valence-corrected chi connectivity index (χ2v) is 4.87. The van der Waals surface area contributed by atoms with Crippen molar-refractivity contribution in [1.29, 1.82) is 0 Å². The van der Waals surface area contributed by atoms with E-state index in [2.05, 4.69) is 29.6 Å². The average Bonchev–Trinajstić information content (AvgIpc) is 2.20. The van der Waals surface area contributed by atoms with Gasteiger partial charge in [0.05, 0.1) is 0 Å². The zero-order chi connectivity index (χ0) is 10.3. The van der Waals surface area contributed by atoms with E-state index < -0.39 is 0 Å². The predicted octanol–water partition coefficient (Wildman–Crippen LogP) is 3.43. The van der Waals surface area contributed by atoms with Crippen LogP contribution < -0.4 is 5.32 Å². The molecule has 1 saturated carbocycles. The molecular weight excluding hydrogens is 182 g/mol. The van der Waals surface area contributed by atoms with Gasteiger partial charge in [-0.1, -0.05) is 30.7 Å². The molecule has 0 aromatic carbocycles. The van der Waals surface area contributed by atoms with Crippen molar-refractivity contribution in [2.75, 3.05) is 6.54 Å². The van der Waals surface area contributed by atoms with E-state index >= 15 is 0 Å². The van der Waals surface area contributed by atoms with Crippen LogP contribution >= 0.6 is 0 Å². The van der Waals surface area contributed by atoms with E-state index in [0.717, 1.165) is 18.5 Å². The van der Waals surface area contributed by atoms with Gasteiger partial charge in [-0.15, -0.1) is 0 Å². The van der Waals surface area contributed by atoms with Crippen LogP contribution in [0.15, 0.2) is 24.3 Å². The van der Waals surface area contributed by atoms with Crippen LogP contribution in [0.5, 0.6) is 0 Å². The molecule has 84 valence electrons. The summed E-state index contributed by atoms with van der Waals surface area (Å²) in [5.74, 6) is 0.870. The zero-order valence-electron chi connectivity index (χ0n) is 9.62. The number of allylic oxidation sites excluding steroid dienone is 3. The first-order valence-electron chi connectivity index (χ1n) is 6.50. The first-order valence-corrected chi connectivity index (χ1v) is 6.50. The van der Waals surface area contributed by atoms with Gasteiger partial charge in [0.1, 0.15) is 0 Å². The number of hydrogen-bond donors (Lipinski definition) is 1. The largest absolute Gasteiger partial charge is 0.310 e. The van der Waals surface area contributed by atoms with Gasteiger partial charge in [-0.2, -0.15) is 0 Å². The lowest BCUT2D eigenvalue weighted by atomic mass is 9.80. The Kier molecular flexibility index (Phi) is 4.46. The van der Waals surface area contributed by atoms with Gasteiger partial charge in [-0.25, -0.2) is 0 Å². The molecule has 1 aliphatic carbocycles. The molecule has 0 saturated heterocycles. The molecule has 2 bridgehead atoms. The lowest BCUT2D eigenvalue weighted by Crippen LogP contribution is -2.40. The van der Waals surface area contributed by atoms with E-state index in [0.29, 0.717) is 0 Å². The van der Waals surface area contributed by atoms with E-state index in [1.165, 1.54) is 44.9 Å². The summed E-state index contributed by atoms with van der Waals surface area (Å²) in [6, 6.07) is 0.784. The maximum atomic E-state index is 3.58. The fraction of sp³-hybridized carbons (Fsp3) is 0.714. The second-order valence-electron chi connectivity index (χ2n) is 4.87. The van der Waals surface area contributed by atoms with Gasteiger partial charge in [0.15, 0.2) is 0 Å². The predicted molar refractivity (Wildman–Crippen MR) is 65.9 cm³/mol. The van der Waals surface area contributed by atoms with Gasteiger partial charge in [0, 0.05) is 12.6 Å². The topological polar surface area (TPSA) is 12.0 Å². The van der Waals surface area contributed by atoms with Gasteiger partial charge < -0.3 is 5.32 Å². The van der Waals surface area contributed by atoms with Crippen LogP contribution in [0, 0.1) is 5.92 Å². The monoisotopic (exact) mass is 205 g/mol. The molecule has 0 unspecified atom stereocenters. The van der Waals surface area contributed by atoms with Crippen molar-refractivity contribution in [3.05, 3.63) is 24.3 Å². The minimum atomic E-state index is 0.784. The normalized spacial score (nSPS) is 37.3. The number of hydrogen-bond acceptors (Lipinski definition) is 1. The molecule has 0 spiro atoms. The molecule has 1 N–H and O–H groups in total. The Morgan fingerprint density at radius 1 is 0.867 bits per heavy atom. The highest BCUT2D eigenvalue weighted by atomic mass is 14.9. The van der Waals surface area contributed by atoms with Gasteiger partial charge in [-0.3, -0.25) is 0 Å². The summed E-state index contributed by atoms with van der Waals surface area (Å²) in [6.07, 6.45) is 18.9. The average molecular weight is 205 g/mol. The molecule has 15 heavy (non-hydrogen) atoms. The lowest BCUT2D eigenvalue weighted by Gasteiger charge is -2.34. The Morgan fingerprint density at radius 2 is 1.67 bits per heavy atom. The summed E-state index contributed by atoms with van der Waals surface area (Å²) in [6.45, 7) is 1.07. The summed E-state index contributed by atoms with van der Waals surface area (Å²) in [7, 11) is 0. The lowest BCUT2D eigenvalue weighted by molar-refractivity contribution is 0.275. The highest BCUT2D eigenvalue weighted by Crippen LogP contribution is 2.28. The van der Waals surface area contributed by atoms with Gasteiger partial charge in [0.25, 0.3) is 0 Å². The Labute approximate surface area is 93.6 Å². The molecule has 0 radical (unpaired) electrons. The van der Waals surface area contributed by atoms with Gasteiger partial charge in [0.2, 0.25) is 0 Å². The third-order valence-corrected chi connectivity index (χ3v) is 3.52. The SMILES string of the molecule is C1=C\CNC2CC(/C=C\CCCCC/1)C2. The summed E-state index contributed by atoms with van der Waals surface area (Å²) in [5, 5.41) is 3.58. The quantitative estimate of drug-likeness (QED) is 0.597. The second kappa shape index (κ2) is 6.12. The molecule has 0 amide bonds. The molecule has 1 heteroatoms. The first-order chi connectivity index (χ1) is 7.45. The molecule has 3 aliphatic rings. The van der Waals surface area contributed by atoms with Crippen LogP contribution in [0.4, 0.5) is 0 Å². The van der Waals surface area contributed by atoms with Crippen molar-refractivity contribution >= 4 is 0 Å². The number of nitrogens with one attached hydrogen (secondary N) is 1. The highest BCUT2D eigenvalue weighted by Gasteiger charge is 2.25. The fourth-order valence-electron chi connectivity index (χ4n) is 2.41. The Balaban J connectivity index is 1.76. The van der Waals surface area contributed by atoms with Crippen molar-refractivity contribution in [1.82, 2.24) is 5.32 Å². The molecule has 3 rings (SSSR count). The van der Waals surface area contributed by atoms with Gasteiger partial charge in [-0.05, 0) is 44.4 Å². The zero-order valence-corrected chi connectivity index (χ0v) is 9.62. The minimum absolute atomic E-state index is 0.784. The summed E-state index contributed by atoms with van der Waals surface area (Å²) < 4.78 is 0. The van der Waals surface area contributed by atoms with Crippen LogP contribution in [0.1, 0.15) is 44.9 Å². The van der Waals surface area contributed by atoms with Crippen molar-refractivity contribution in [2.24, 2.45) is 5.92 Å². The Bertz CT molecular complexity index is 221. The van der Waals surface area contributed by atoms with Crippen LogP contribution in [-0.4, -0.2) is 12.6 Å². The minimum Gasteiger partial charge on any atom is -0.310 e. The molecule has 2 aliphatic heterocycles. The standard InChI is InChI=1S/C14H23N/c1-2-4-6-8-10-15-14-11-13(12-14)9-7-5-3-1/h6-9,13-15H,1-5,10-12H2/b8-6-,9-7-. The molecule has 2 heterocycles. The Morgan fingerprint density at radius 3 is 2.53 bits per heavy atom. The summed E-state index contributed by atoms with van der Waals surface area (Å²) in [5.41, 5.74) is 0. The number of rotatable bonds is 0. The molecule has 0 atom stereocenters. The van der Waals surface area contributed by atoms with Crippen molar-refractivity contribution in [2.45, 2.75) is 51.0 Å². The molecular formula is C14H23N. The van der Waals surface area contributed by atoms with E-state index in [9.17, 15) is 0 Å². The summed E-state index contributed by atoms with van der Waals surface area (Å²) >= 11 is 0. The third-order valence-electron chi connectivity index (χ3n) is 3.52. The number of fused-ring (bicyclic) bond motifs is 8. The van der Waals surface area contributed by atoms with E-state index in [4.69, 9.17) is 0 Å². The summed E-state index contributed by atoms with van der Waals surface area (Å²) in [4.78, 5) is 0. The first kappa shape index (κ1) is 10.9. The van der Waals surface area contributed by atoms with Crippen molar-refractivity contribution in [3.63, 3.8) is 0 Å². The highest BCUT2D eigenvalue weighted by molar-refractivity contribution is 4.99. The van der Waals surface area contributed by atoms with Crippen LogP contribution in [0.2, 0.25) is 0 Å². The maximum absolute atomic E-state index is 3.58. The fourth-order valence-corrected chi connectivity index (χ4v) is 2.41. The molecule has 1 fully saturated rings. The molecule has 0 aromatic rings.